The highest BCUT2D eigenvalue weighted by Crippen LogP contribution is 2.25. The minimum absolute atomic E-state index is 0.110. The van der Waals surface area contributed by atoms with Crippen LogP contribution in [0.15, 0.2) is 42.6 Å². The van der Waals surface area contributed by atoms with Crippen LogP contribution in [0.4, 0.5) is 5.82 Å². The molecule has 27 heavy (non-hydrogen) atoms. The number of piperidine rings is 1. The number of carbonyl (C=O) groups is 2. The van der Waals surface area contributed by atoms with Gasteiger partial charge in [0.05, 0.1) is 25.3 Å². The van der Waals surface area contributed by atoms with E-state index >= 15 is 0 Å². The molecule has 0 spiro atoms. The SMILES string of the molecule is O=C(CCOc1ccccc1)Nc1ccnn1C1CCN(C(=O)CO)CC1. The Hall–Kier alpha value is -2.87. The van der Waals surface area contributed by atoms with Crippen LogP contribution < -0.4 is 10.1 Å². The summed E-state index contributed by atoms with van der Waals surface area (Å²) in [4.78, 5) is 25.4. The van der Waals surface area contributed by atoms with Gasteiger partial charge < -0.3 is 20.1 Å². The van der Waals surface area contributed by atoms with Crippen LogP contribution in [0.2, 0.25) is 0 Å². The molecule has 0 radical (unpaired) electrons. The fraction of sp³-hybridized carbons (Fsp3) is 0.421. The fourth-order valence-corrected chi connectivity index (χ4v) is 3.15. The van der Waals surface area contributed by atoms with Crippen molar-refractivity contribution in [2.24, 2.45) is 0 Å². The van der Waals surface area contributed by atoms with E-state index in [0.717, 1.165) is 18.6 Å². The van der Waals surface area contributed by atoms with Gasteiger partial charge in [-0.15, -0.1) is 0 Å². The average Bonchev–Trinajstić information content (AvgIpc) is 3.16. The van der Waals surface area contributed by atoms with Crippen LogP contribution in [0, 0.1) is 0 Å². The minimum atomic E-state index is -0.460. The van der Waals surface area contributed by atoms with Gasteiger partial charge in [-0.3, -0.25) is 9.59 Å². The molecule has 0 aliphatic carbocycles. The van der Waals surface area contributed by atoms with Gasteiger partial charge in [-0.1, -0.05) is 18.2 Å². The third kappa shape index (κ3) is 5.07. The van der Waals surface area contributed by atoms with Gasteiger partial charge in [-0.05, 0) is 25.0 Å². The van der Waals surface area contributed by atoms with Crippen molar-refractivity contribution < 1.29 is 19.4 Å². The Morgan fingerprint density at radius 2 is 1.93 bits per heavy atom. The van der Waals surface area contributed by atoms with Crippen molar-refractivity contribution >= 4 is 17.6 Å². The number of aliphatic hydroxyl groups excluding tert-OH is 1. The number of amides is 2. The quantitative estimate of drug-likeness (QED) is 0.767. The average molecular weight is 372 g/mol. The first kappa shape index (κ1) is 18.9. The highest BCUT2D eigenvalue weighted by atomic mass is 16.5. The molecule has 1 aromatic heterocycles. The summed E-state index contributed by atoms with van der Waals surface area (Å²) in [6, 6.07) is 11.2. The Bertz CT molecular complexity index is 754. The van der Waals surface area contributed by atoms with Crippen molar-refractivity contribution in [2.75, 3.05) is 31.6 Å². The Morgan fingerprint density at radius 1 is 1.19 bits per heavy atom. The number of nitrogens with zero attached hydrogens (tertiary/aromatic N) is 3. The van der Waals surface area contributed by atoms with E-state index < -0.39 is 6.61 Å². The number of hydrogen-bond donors (Lipinski definition) is 2. The van der Waals surface area contributed by atoms with Crippen molar-refractivity contribution in [1.82, 2.24) is 14.7 Å². The molecule has 8 heteroatoms. The third-order valence-electron chi connectivity index (χ3n) is 4.58. The summed E-state index contributed by atoms with van der Waals surface area (Å²) in [7, 11) is 0. The molecule has 0 bridgehead atoms. The van der Waals surface area contributed by atoms with Gasteiger partial charge in [0, 0.05) is 19.2 Å². The molecule has 2 amide bonds. The summed E-state index contributed by atoms with van der Waals surface area (Å²) in [5, 5.41) is 16.2. The number of benzene rings is 1. The van der Waals surface area contributed by atoms with E-state index in [1.165, 1.54) is 0 Å². The van der Waals surface area contributed by atoms with Gasteiger partial charge in [0.1, 0.15) is 18.2 Å². The van der Waals surface area contributed by atoms with Crippen LogP contribution in [0.1, 0.15) is 25.3 Å². The van der Waals surface area contributed by atoms with Crippen molar-refractivity contribution in [2.45, 2.75) is 25.3 Å². The monoisotopic (exact) mass is 372 g/mol. The zero-order valence-corrected chi connectivity index (χ0v) is 15.1. The number of anilines is 1. The number of nitrogens with one attached hydrogen (secondary N) is 1. The lowest BCUT2D eigenvalue weighted by Gasteiger charge is -2.32. The highest BCUT2D eigenvalue weighted by molar-refractivity contribution is 5.89. The van der Waals surface area contributed by atoms with Crippen LogP contribution in [0.25, 0.3) is 0 Å². The molecule has 1 fully saturated rings. The molecule has 2 aromatic rings. The summed E-state index contributed by atoms with van der Waals surface area (Å²) in [6.07, 6.45) is 3.35. The number of ether oxygens (including phenoxy) is 1. The van der Waals surface area contributed by atoms with E-state index in [2.05, 4.69) is 10.4 Å². The van der Waals surface area contributed by atoms with Crippen LogP contribution >= 0.6 is 0 Å². The van der Waals surface area contributed by atoms with Crippen LogP contribution in [-0.4, -0.2) is 57.9 Å². The number of hydrogen-bond acceptors (Lipinski definition) is 5. The Balaban J connectivity index is 1.48. The van der Waals surface area contributed by atoms with Crippen molar-refractivity contribution in [3.05, 3.63) is 42.6 Å². The van der Waals surface area contributed by atoms with Crippen molar-refractivity contribution in [3.63, 3.8) is 0 Å². The summed E-state index contributed by atoms with van der Waals surface area (Å²) in [6.45, 7) is 0.981. The first-order valence-corrected chi connectivity index (χ1v) is 9.07. The fourth-order valence-electron chi connectivity index (χ4n) is 3.15. The molecule has 1 saturated heterocycles. The molecule has 144 valence electrons. The maximum atomic E-state index is 12.2. The second-order valence-corrected chi connectivity index (χ2v) is 6.39. The molecule has 1 aliphatic heterocycles. The summed E-state index contributed by atoms with van der Waals surface area (Å²) in [5.41, 5.74) is 0. The van der Waals surface area contributed by atoms with Crippen LogP contribution in [0.3, 0.4) is 0 Å². The van der Waals surface area contributed by atoms with Gasteiger partial charge in [0.2, 0.25) is 11.8 Å². The molecule has 1 aromatic carbocycles. The highest BCUT2D eigenvalue weighted by Gasteiger charge is 2.25. The molecule has 2 heterocycles. The predicted molar refractivity (Wildman–Crippen MR) is 99.3 cm³/mol. The molecule has 0 atom stereocenters. The third-order valence-corrected chi connectivity index (χ3v) is 4.58. The Labute approximate surface area is 157 Å². The summed E-state index contributed by atoms with van der Waals surface area (Å²) in [5.74, 6) is 0.993. The molecule has 3 rings (SSSR count). The van der Waals surface area contributed by atoms with Gasteiger partial charge in [-0.2, -0.15) is 5.10 Å². The minimum Gasteiger partial charge on any atom is -0.493 e. The number of para-hydroxylation sites is 1. The Morgan fingerprint density at radius 3 is 2.63 bits per heavy atom. The van der Waals surface area contributed by atoms with Gasteiger partial charge in [0.25, 0.3) is 0 Å². The predicted octanol–water partition coefficient (Wildman–Crippen LogP) is 1.45. The van der Waals surface area contributed by atoms with E-state index in [4.69, 9.17) is 9.84 Å². The van der Waals surface area contributed by atoms with Gasteiger partial charge in [-0.25, -0.2) is 4.68 Å². The van der Waals surface area contributed by atoms with E-state index in [1.54, 1.807) is 21.8 Å². The maximum absolute atomic E-state index is 12.2. The summed E-state index contributed by atoms with van der Waals surface area (Å²) < 4.78 is 7.35. The molecule has 1 aliphatic rings. The van der Waals surface area contributed by atoms with E-state index in [9.17, 15) is 9.59 Å². The first-order valence-electron chi connectivity index (χ1n) is 9.07. The van der Waals surface area contributed by atoms with Gasteiger partial charge >= 0.3 is 0 Å². The first-order chi connectivity index (χ1) is 13.2. The standard InChI is InChI=1S/C19H24N4O4/c24-14-19(26)22-11-7-15(8-12-22)23-17(6-10-20-23)21-18(25)9-13-27-16-4-2-1-3-5-16/h1-6,10,15,24H,7-9,11-14H2,(H,21,25). The zero-order valence-electron chi connectivity index (χ0n) is 15.1. The maximum Gasteiger partial charge on any atom is 0.248 e. The number of likely N-dealkylation sites (tertiary alicyclic amines) is 1. The Kier molecular flexibility index (Phi) is 6.43. The lowest BCUT2D eigenvalue weighted by molar-refractivity contribution is -0.135. The van der Waals surface area contributed by atoms with Crippen molar-refractivity contribution in [3.8, 4) is 5.75 Å². The number of rotatable bonds is 7. The second kappa shape index (κ2) is 9.18. The van der Waals surface area contributed by atoms with Crippen LogP contribution in [-0.2, 0) is 9.59 Å². The molecular weight excluding hydrogens is 348 g/mol. The smallest absolute Gasteiger partial charge is 0.248 e. The lowest BCUT2D eigenvalue weighted by Crippen LogP contribution is -2.40. The van der Waals surface area contributed by atoms with E-state index in [-0.39, 0.29) is 24.3 Å². The topological polar surface area (TPSA) is 96.7 Å². The number of aromatic nitrogens is 2. The van der Waals surface area contributed by atoms with E-state index in [0.29, 0.717) is 25.5 Å². The molecular formula is C19H24N4O4. The van der Waals surface area contributed by atoms with Crippen LogP contribution in [0.5, 0.6) is 5.75 Å². The number of aliphatic hydroxyl groups is 1. The normalized spacial score (nSPS) is 14.8. The van der Waals surface area contributed by atoms with Gasteiger partial charge in [0.15, 0.2) is 0 Å². The second-order valence-electron chi connectivity index (χ2n) is 6.39. The molecule has 0 saturated carbocycles. The largest absolute Gasteiger partial charge is 0.493 e. The van der Waals surface area contributed by atoms with Crippen molar-refractivity contribution in [1.29, 1.82) is 0 Å². The van der Waals surface area contributed by atoms with E-state index in [1.807, 2.05) is 30.3 Å². The summed E-state index contributed by atoms with van der Waals surface area (Å²) >= 11 is 0. The molecule has 2 N–H and O–H groups in total. The molecule has 8 nitrogen and oxygen atoms in total. The zero-order chi connectivity index (χ0) is 19.1. The molecule has 0 unspecified atom stereocenters. The number of carbonyl (C=O) groups excluding carboxylic acids is 2. The lowest BCUT2D eigenvalue weighted by atomic mass is 10.1.